The minimum Gasteiger partial charge on any atom is -0.459 e. The normalized spacial score (nSPS) is 9.94. The number of nitrogens with one attached hydrogen (secondary N) is 2. The zero-order chi connectivity index (χ0) is 12.1. The monoisotopic (exact) mass is 230 g/mol. The lowest BCUT2D eigenvalue weighted by Crippen LogP contribution is -2.11. The number of hydrogen-bond acceptors (Lipinski definition) is 3. The van der Waals surface area contributed by atoms with Crippen LogP contribution in [0.25, 0.3) is 0 Å². The summed E-state index contributed by atoms with van der Waals surface area (Å²) in [7, 11) is 0. The summed E-state index contributed by atoms with van der Waals surface area (Å²) in [4.78, 5) is 11.7. The van der Waals surface area contributed by atoms with Gasteiger partial charge in [0.2, 0.25) is 0 Å². The van der Waals surface area contributed by atoms with E-state index in [1.807, 2.05) is 31.2 Å². The highest BCUT2D eigenvalue weighted by Crippen LogP contribution is 2.15. The van der Waals surface area contributed by atoms with Crippen molar-refractivity contribution in [3.8, 4) is 0 Å². The van der Waals surface area contributed by atoms with Crippen molar-refractivity contribution >= 4 is 17.3 Å². The Morgan fingerprint density at radius 3 is 2.76 bits per heavy atom. The second kappa shape index (κ2) is 5.21. The number of benzene rings is 1. The van der Waals surface area contributed by atoms with Gasteiger partial charge in [0, 0.05) is 17.9 Å². The van der Waals surface area contributed by atoms with Crippen LogP contribution in [-0.2, 0) is 0 Å². The molecule has 0 radical (unpaired) electrons. The minimum absolute atomic E-state index is 0.247. The van der Waals surface area contributed by atoms with Gasteiger partial charge in [0.05, 0.1) is 6.26 Å². The number of furan rings is 1. The van der Waals surface area contributed by atoms with E-state index >= 15 is 0 Å². The SMILES string of the molecule is CCNc1cccc(NC(=O)c2ccco2)c1. The van der Waals surface area contributed by atoms with Crippen molar-refractivity contribution in [3.05, 3.63) is 48.4 Å². The topological polar surface area (TPSA) is 54.3 Å². The molecule has 88 valence electrons. The number of carbonyl (C=O) groups is 1. The van der Waals surface area contributed by atoms with Gasteiger partial charge < -0.3 is 15.1 Å². The molecule has 17 heavy (non-hydrogen) atoms. The predicted molar refractivity (Wildman–Crippen MR) is 67.3 cm³/mol. The zero-order valence-electron chi connectivity index (χ0n) is 9.57. The molecule has 1 aromatic heterocycles. The maximum Gasteiger partial charge on any atom is 0.291 e. The van der Waals surface area contributed by atoms with Crippen molar-refractivity contribution in [2.45, 2.75) is 6.92 Å². The number of rotatable bonds is 4. The summed E-state index contributed by atoms with van der Waals surface area (Å²) >= 11 is 0. The molecule has 0 aliphatic heterocycles. The largest absolute Gasteiger partial charge is 0.459 e. The first kappa shape index (κ1) is 11.3. The highest BCUT2D eigenvalue weighted by molar-refractivity contribution is 6.02. The van der Waals surface area contributed by atoms with Gasteiger partial charge in [0.15, 0.2) is 5.76 Å². The van der Waals surface area contributed by atoms with Gasteiger partial charge in [-0.05, 0) is 37.3 Å². The molecule has 2 rings (SSSR count). The van der Waals surface area contributed by atoms with Gasteiger partial charge in [-0.3, -0.25) is 4.79 Å². The first-order chi connectivity index (χ1) is 8.29. The van der Waals surface area contributed by atoms with Crippen LogP contribution < -0.4 is 10.6 Å². The van der Waals surface area contributed by atoms with Crippen molar-refractivity contribution in [1.82, 2.24) is 0 Å². The zero-order valence-corrected chi connectivity index (χ0v) is 9.57. The molecule has 2 aromatic rings. The lowest BCUT2D eigenvalue weighted by atomic mass is 10.2. The molecule has 1 amide bonds. The number of carbonyl (C=O) groups excluding carboxylic acids is 1. The molecule has 1 heterocycles. The molecule has 0 aliphatic rings. The van der Waals surface area contributed by atoms with E-state index < -0.39 is 0 Å². The molecule has 0 aliphatic carbocycles. The van der Waals surface area contributed by atoms with E-state index in [0.717, 1.165) is 17.9 Å². The fourth-order valence-corrected chi connectivity index (χ4v) is 1.51. The molecule has 0 saturated carbocycles. The van der Waals surface area contributed by atoms with Crippen LogP contribution in [0.15, 0.2) is 47.1 Å². The molecule has 0 spiro atoms. The highest BCUT2D eigenvalue weighted by atomic mass is 16.3. The van der Waals surface area contributed by atoms with Gasteiger partial charge in [-0.15, -0.1) is 0 Å². The Morgan fingerprint density at radius 2 is 2.06 bits per heavy atom. The van der Waals surface area contributed by atoms with E-state index in [0.29, 0.717) is 5.76 Å². The molecular weight excluding hydrogens is 216 g/mol. The van der Waals surface area contributed by atoms with E-state index in [4.69, 9.17) is 4.42 Å². The summed E-state index contributed by atoms with van der Waals surface area (Å²) in [6.07, 6.45) is 1.48. The van der Waals surface area contributed by atoms with E-state index in [1.54, 1.807) is 12.1 Å². The summed E-state index contributed by atoms with van der Waals surface area (Å²) in [6.45, 7) is 2.86. The van der Waals surface area contributed by atoms with Crippen LogP contribution in [-0.4, -0.2) is 12.5 Å². The lowest BCUT2D eigenvalue weighted by molar-refractivity contribution is 0.0996. The predicted octanol–water partition coefficient (Wildman–Crippen LogP) is 2.96. The van der Waals surface area contributed by atoms with Crippen molar-refractivity contribution in [2.75, 3.05) is 17.2 Å². The Balaban J connectivity index is 2.08. The first-order valence-electron chi connectivity index (χ1n) is 5.48. The highest BCUT2D eigenvalue weighted by Gasteiger charge is 2.08. The van der Waals surface area contributed by atoms with Crippen LogP contribution >= 0.6 is 0 Å². The standard InChI is InChI=1S/C13H14N2O2/c1-2-14-10-5-3-6-11(9-10)15-13(16)12-7-4-8-17-12/h3-9,14H,2H2,1H3,(H,15,16). The van der Waals surface area contributed by atoms with Crippen LogP contribution in [0.5, 0.6) is 0 Å². The Bertz CT molecular complexity index is 492. The van der Waals surface area contributed by atoms with Crippen molar-refractivity contribution in [3.63, 3.8) is 0 Å². The molecule has 0 bridgehead atoms. The number of anilines is 2. The molecule has 4 nitrogen and oxygen atoms in total. The van der Waals surface area contributed by atoms with Crippen molar-refractivity contribution in [1.29, 1.82) is 0 Å². The van der Waals surface area contributed by atoms with Gasteiger partial charge in [0.25, 0.3) is 5.91 Å². The maximum absolute atomic E-state index is 11.7. The lowest BCUT2D eigenvalue weighted by Gasteiger charge is -2.07. The summed E-state index contributed by atoms with van der Waals surface area (Å²) in [6, 6.07) is 10.9. The quantitative estimate of drug-likeness (QED) is 0.849. The van der Waals surface area contributed by atoms with Crippen LogP contribution in [0.4, 0.5) is 11.4 Å². The van der Waals surface area contributed by atoms with Crippen molar-refractivity contribution < 1.29 is 9.21 Å². The minimum atomic E-state index is -0.247. The van der Waals surface area contributed by atoms with Crippen LogP contribution in [0, 0.1) is 0 Å². The molecule has 0 unspecified atom stereocenters. The second-order valence-corrected chi connectivity index (χ2v) is 3.54. The molecule has 0 saturated heterocycles. The Hall–Kier alpha value is -2.23. The van der Waals surface area contributed by atoms with E-state index in [-0.39, 0.29) is 5.91 Å². The Morgan fingerprint density at radius 1 is 1.24 bits per heavy atom. The van der Waals surface area contributed by atoms with Crippen LogP contribution in [0.1, 0.15) is 17.5 Å². The smallest absolute Gasteiger partial charge is 0.291 e. The third kappa shape index (κ3) is 2.87. The number of hydrogen-bond donors (Lipinski definition) is 2. The number of amides is 1. The Kier molecular flexibility index (Phi) is 3.45. The third-order valence-electron chi connectivity index (χ3n) is 2.25. The molecular formula is C13H14N2O2. The van der Waals surface area contributed by atoms with E-state index in [2.05, 4.69) is 10.6 Å². The van der Waals surface area contributed by atoms with Gasteiger partial charge in [-0.1, -0.05) is 6.07 Å². The van der Waals surface area contributed by atoms with Gasteiger partial charge in [-0.25, -0.2) is 0 Å². The average molecular weight is 230 g/mol. The fourth-order valence-electron chi connectivity index (χ4n) is 1.51. The van der Waals surface area contributed by atoms with E-state index in [1.165, 1.54) is 6.26 Å². The van der Waals surface area contributed by atoms with Gasteiger partial charge in [-0.2, -0.15) is 0 Å². The average Bonchev–Trinajstić information content (AvgIpc) is 2.83. The molecule has 0 atom stereocenters. The van der Waals surface area contributed by atoms with E-state index in [9.17, 15) is 4.79 Å². The van der Waals surface area contributed by atoms with Crippen LogP contribution in [0.2, 0.25) is 0 Å². The maximum atomic E-state index is 11.7. The third-order valence-corrected chi connectivity index (χ3v) is 2.25. The summed E-state index contributed by atoms with van der Waals surface area (Å²) < 4.78 is 5.02. The Labute approximate surface area is 99.6 Å². The van der Waals surface area contributed by atoms with Gasteiger partial charge in [0.1, 0.15) is 0 Å². The molecule has 4 heteroatoms. The second-order valence-electron chi connectivity index (χ2n) is 3.54. The van der Waals surface area contributed by atoms with Crippen LogP contribution in [0.3, 0.4) is 0 Å². The fraction of sp³-hybridized carbons (Fsp3) is 0.154. The molecule has 0 fully saturated rings. The summed E-state index contributed by atoms with van der Waals surface area (Å²) in [5, 5.41) is 5.95. The summed E-state index contributed by atoms with van der Waals surface area (Å²) in [5.41, 5.74) is 1.72. The molecule has 1 aromatic carbocycles. The first-order valence-corrected chi connectivity index (χ1v) is 5.48. The van der Waals surface area contributed by atoms with Crippen molar-refractivity contribution in [2.24, 2.45) is 0 Å². The van der Waals surface area contributed by atoms with Gasteiger partial charge >= 0.3 is 0 Å². The molecule has 2 N–H and O–H groups in total. The summed E-state index contributed by atoms with van der Waals surface area (Å²) in [5.74, 6) is 0.0579.